The number of carbonyl (C=O) groups is 1. The molecular weight excluding hydrogens is 335 g/mol. The first-order valence-corrected chi connectivity index (χ1v) is 7.86. The molecule has 130 valence electrons. The highest BCUT2D eigenvalue weighted by atomic mass is 35.5. The van der Waals surface area contributed by atoms with E-state index in [0.717, 1.165) is 18.4 Å². The number of hydrogen-bond acceptors (Lipinski definition) is 4. The third-order valence-corrected chi connectivity index (χ3v) is 5.06. The molecule has 0 spiro atoms. The van der Waals surface area contributed by atoms with Crippen LogP contribution in [0.3, 0.4) is 0 Å². The van der Waals surface area contributed by atoms with E-state index in [1.54, 1.807) is 0 Å². The minimum absolute atomic E-state index is 0. The first kappa shape index (κ1) is 20.2. The van der Waals surface area contributed by atoms with E-state index in [2.05, 4.69) is 11.9 Å². The van der Waals surface area contributed by atoms with Gasteiger partial charge >= 0.3 is 5.97 Å². The molecule has 4 atom stereocenters. The highest BCUT2D eigenvalue weighted by Crippen LogP contribution is 2.36. The van der Waals surface area contributed by atoms with Crippen molar-refractivity contribution < 1.29 is 9.53 Å². The van der Waals surface area contributed by atoms with Crippen LogP contribution in [0.15, 0.2) is 30.3 Å². The maximum Gasteiger partial charge on any atom is 0.314 e. The Kier molecular flexibility index (Phi) is 7.81. The fourth-order valence-electron chi connectivity index (χ4n) is 3.76. The Labute approximate surface area is 150 Å². The van der Waals surface area contributed by atoms with Crippen LogP contribution in [-0.2, 0) is 9.53 Å². The Balaban J connectivity index is 0.00000132. The van der Waals surface area contributed by atoms with Crippen molar-refractivity contribution in [3.8, 4) is 0 Å². The van der Waals surface area contributed by atoms with Crippen LogP contribution < -0.4 is 5.73 Å². The first-order chi connectivity index (χ1) is 10.2. The van der Waals surface area contributed by atoms with Gasteiger partial charge in [-0.1, -0.05) is 30.3 Å². The number of nitrogens with two attached hydrogens (primary N) is 1. The van der Waals surface area contributed by atoms with E-state index in [1.165, 1.54) is 12.8 Å². The minimum Gasteiger partial charge on any atom is -0.462 e. The van der Waals surface area contributed by atoms with Crippen molar-refractivity contribution in [1.29, 1.82) is 0 Å². The van der Waals surface area contributed by atoms with Crippen molar-refractivity contribution in [2.75, 3.05) is 13.6 Å². The number of piperidine rings is 1. The average Bonchev–Trinajstić information content (AvgIpc) is 2.72. The number of benzene rings is 1. The zero-order valence-electron chi connectivity index (χ0n) is 13.4. The Morgan fingerprint density at radius 2 is 1.78 bits per heavy atom. The van der Waals surface area contributed by atoms with Gasteiger partial charge in [0.1, 0.15) is 6.10 Å². The average molecular weight is 361 g/mol. The van der Waals surface area contributed by atoms with Gasteiger partial charge < -0.3 is 15.4 Å². The molecule has 2 N–H and O–H groups in total. The van der Waals surface area contributed by atoms with Crippen LogP contribution in [0.5, 0.6) is 0 Å². The smallest absolute Gasteiger partial charge is 0.314 e. The molecule has 0 radical (unpaired) electrons. The standard InChI is InChI=1S/C17H24N2O2.2ClH/c1-19-13-7-8-14(19)10-15(9-13)21-17(20)16(11-18)12-5-3-2-4-6-12;;/h2-6,13-16H,7-11,18H2,1H3;2*1H/t13-,14?,15?,16?;;/m0../s1. The first-order valence-electron chi connectivity index (χ1n) is 7.86. The Morgan fingerprint density at radius 1 is 1.22 bits per heavy atom. The fraction of sp³-hybridized carbons (Fsp3) is 0.588. The molecule has 0 amide bonds. The number of esters is 1. The second-order valence-corrected chi connectivity index (χ2v) is 6.28. The van der Waals surface area contributed by atoms with Gasteiger partial charge in [0.15, 0.2) is 0 Å². The lowest BCUT2D eigenvalue weighted by Crippen LogP contribution is -2.44. The summed E-state index contributed by atoms with van der Waals surface area (Å²) in [6, 6.07) is 10.8. The van der Waals surface area contributed by atoms with Gasteiger partial charge in [0.25, 0.3) is 0 Å². The van der Waals surface area contributed by atoms with Gasteiger partial charge in [0.05, 0.1) is 5.92 Å². The van der Waals surface area contributed by atoms with Gasteiger partial charge in [-0.05, 0) is 38.3 Å². The monoisotopic (exact) mass is 360 g/mol. The SMILES string of the molecule is CN1C2CC[C@H]1CC(OC(=O)C(CN)c1ccccc1)C2.Cl.Cl. The second kappa shape index (κ2) is 8.88. The van der Waals surface area contributed by atoms with Crippen LogP contribution in [0.2, 0.25) is 0 Å². The number of halogens is 2. The summed E-state index contributed by atoms with van der Waals surface area (Å²) >= 11 is 0. The number of carbonyl (C=O) groups excluding carboxylic acids is 1. The lowest BCUT2D eigenvalue weighted by Gasteiger charge is -2.36. The summed E-state index contributed by atoms with van der Waals surface area (Å²) in [5, 5.41) is 0. The molecule has 2 aliphatic heterocycles. The molecule has 4 nitrogen and oxygen atoms in total. The Morgan fingerprint density at radius 3 is 2.30 bits per heavy atom. The van der Waals surface area contributed by atoms with Crippen molar-refractivity contribution in [3.05, 3.63) is 35.9 Å². The maximum absolute atomic E-state index is 12.4. The predicted molar refractivity (Wildman–Crippen MR) is 96.4 cm³/mol. The van der Waals surface area contributed by atoms with Gasteiger partial charge in [-0.25, -0.2) is 0 Å². The molecule has 2 fully saturated rings. The zero-order valence-corrected chi connectivity index (χ0v) is 15.0. The zero-order chi connectivity index (χ0) is 14.8. The van der Waals surface area contributed by atoms with E-state index in [0.29, 0.717) is 18.6 Å². The van der Waals surface area contributed by atoms with Crippen LogP contribution in [0.25, 0.3) is 0 Å². The molecule has 0 aliphatic carbocycles. The molecule has 0 aromatic heterocycles. The molecular formula is C17H26Cl2N2O2. The van der Waals surface area contributed by atoms with Crippen molar-refractivity contribution in [2.45, 2.75) is 49.8 Å². The minimum atomic E-state index is -0.344. The summed E-state index contributed by atoms with van der Waals surface area (Å²) in [5.41, 5.74) is 6.74. The van der Waals surface area contributed by atoms with Gasteiger partial charge in [-0.3, -0.25) is 4.79 Å². The third-order valence-electron chi connectivity index (χ3n) is 5.06. The van der Waals surface area contributed by atoms with E-state index in [9.17, 15) is 4.79 Å². The largest absolute Gasteiger partial charge is 0.462 e. The van der Waals surface area contributed by atoms with Crippen molar-refractivity contribution >= 4 is 30.8 Å². The Hall–Kier alpha value is -0.810. The van der Waals surface area contributed by atoms with E-state index in [-0.39, 0.29) is 42.8 Å². The quantitative estimate of drug-likeness (QED) is 0.838. The highest BCUT2D eigenvalue weighted by molar-refractivity contribution is 5.85. The van der Waals surface area contributed by atoms with E-state index in [4.69, 9.17) is 10.5 Å². The number of hydrogen-bond donors (Lipinski definition) is 1. The summed E-state index contributed by atoms with van der Waals surface area (Å²) in [5.74, 6) is -0.513. The summed E-state index contributed by atoms with van der Waals surface area (Å²) in [7, 11) is 2.19. The third kappa shape index (κ3) is 4.38. The molecule has 23 heavy (non-hydrogen) atoms. The fourth-order valence-corrected chi connectivity index (χ4v) is 3.76. The molecule has 2 bridgehead atoms. The van der Waals surface area contributed by atoms with Crippen LogP contribution in [-0.4, -0.2) is 42.6 Å². The van der Waals surface area contributed by atoms with Crippen LogP contribution in [0.1, 0.15) is 37.2 Å². The van der Waals surface area contributed by atoms with Crippen molar-refractivity contribution in [1.82, 2.24) is 4.90 Å². The lowest BCUT2D eigenvalue weighted by atomic mass is 9.98. The number of nitrogens with zero attached hydrogens (tertiary/aromatic N) is 1. The molecule has 3 rings (SSSR count). The van der Waals surface area contributed by atoms with Crippen LogP contribution in [0.4, 0.5) is 0 Å². The Bertz CT molecular complexity index is 487. The second-order valence-electron chi connectivity index (χ2n) is 6.28. The molecule has 1 aromatic carbocycles. The highest BCUT2D eigenvalue weighted by Gasteiger charge is 2.40. The van der Waals surface area contributed by atoms with Crippen LogP contribution >= 0.6 is 24.8 Å². The summed E-state index contributed by atoms with van der Waals surface area (Å²) < 4.78 is 5.78. The van der Waals surface area contributed by atoms with E-state index < -0.39 is 0 Å². The molecule has 2 aliphatic rings. The number of rotatable bonds is 4. The molecule has 2 saturated heterocycles. The molecule has 3 unspecified atom stereocenters. The summed E-state index contributed by atoms with van der Waals surface area (Å²) in [6.07, 6.45) is 4.45. The number of fused-ring (bicyclic) bond motifs is 2. The lowest BCUT2D eigenvalue weighted by molar-refractivity contribution is -0.154. The maximum atomic E-state index is 12.4. The van der Waals surface area contributed by atoms with Gasteiger partial charge in [0, 0.05) is 18.6 Å². The summed E-state index contributed by atoms with van der Waals surface area (Å²) in [4.78, 5) is 14.9. The summed E-state index contributed by atoms with van der Waals surface area (Å²) in [6.45, 7) is 0.294. The molecule has 0 saturated carbocycles. The normalized spacial score (nSPS) is 27.5. The van der Waals surface area contributed by atoms with E-state index in [1.807, 2.05) is 30.3 Å². The number of ether oxygens (including phenoxy) is 1. The van der Waals surface area contributed by atoms with Crippen molar-refractivity contribution in [3.63, 3.8) is 0 Å². The van der Waals surface area contributed by atoms with Crippen LogP contribution in [0, 0.1) is 0 Å². The van der Waals surface area contributed by atoms with Gasteiger partial charge in [0.2, 0.25) is 0 Å². The van der Waals surface area contributed by atoms with Gasteiger partial charge in [-0.2, -0.15) is 0 Å². The van der Waals surface area contributed by atoms with Crippen molar-refractivity contribution in [2.24, 2.45) is 5.73 Å². The molecule has 1 aromatic rings. The predicted octanol–water partition coefficient (Wildman–Crippen LogP) is 2.74. The topological polar surface area (TPSA) is 55.6 Å². The molecule has 6 heteroatoms. The van der Waals surface area contributed by atoms with E-state index >= 15 is 0 Å². The molecule has 2 heterocycles. The van der Waals surface area contributed by atoms with Gasteiger partial charge in [-0.15, -0.1) is 24.8 Å².